The molecular weight excluding hydrogens is 342 g/mol. The molecule has 1 aromatic carbocycles. The molecule has 1 aliphatic heterocycles. The first kappa shape index (κ1) is 18.3. The van der Waals surface area contributed by atoms with E-state index in [1.807, 2.05) is 13.2 Å². The van der Waals surface area contributed by atoms with Gasteiger partial charge in [0.1, 0.15) is 5.75 Å². The highest BCUT2D eigenvalue weighted by atomic mass is 19.3. The van der Waals surface area contributed by atoms with Crippen LogP contribution in [0.4, 0.5) is 8.78 Å². The first-order valence-corrected chi connectivity index (χ1v) is 8.42. The van der Waals surface area contributed by atoms with E-state index in [0.29, 0.717) is 13.1 Å². The first-order valence-electron chi connectivity index (χ1n) is 8.42. The Kier molecular flexibility index (Phi) is 5.51. The SMILES string of the molecule is CN(Cc1ccc(OC(F)F)cc1)C(=O)[C@H]1CNC[C@@H]1c1cnn(C)c1. The molecule has 6 nitrogen and oxygen atoms in total. The van der Waals surface area contributed by atoms with E-state index < -0.39 is 6.61 Å². The number of nitrogens with zero attached hydrogens (tertiary/aromatic N) is 3. The maximum absolute atomic E-state index is 12.9. The fraction of sp³-hybridized carbons (Fsp3) is 0.444. The molecule has 2 atom stereocenters. The van der Waals surface area contributed by atoms with Gasteiger partial charge in [0.25, 0.3) is 0 Å². The number of alkyl halides is 2. The van der Waals surface area contributed by atoms with Crippen molar-refractivity contribution in [1.29, 1.82) is 0 Å². The van der Waals surface area contributed by atoms with Crippen LogP contribution in [0.5, 0.6) is 5.75 Å². The lowest BCUT2D eigenvalue weighted by molar-refractivity contribution is -0.134. The van der Waals surface area contributed by atoms with Gasteiger partial charge in [-0.25, -0.2) is 0 Å². The lowest BCUT2D eigenvalue weighted by Crippen LogP contribution is -2.35. The van der Waals surface area contributed by atoms with Gasteiger partial charge in [-0.2, -0.15) is 13.9 Å². The molecule has 3 rings (SSSR count). The van der Waals surface area contributed by atoms with Crippen molar-refractivity contribution in [3.63, 3.8) is 0 Å². The van der Waals surface area contributed by atoms with E-state index in [-0.39, 0.29) is 23.5 Å². The van der Waals surface area contributed by atoms with Gasteiger partial charge in [-0.15, -0.1) is 0 Å². The topological polar surface area (TPSA) is 59.4 Å². The van der Waals surface area contributed by atoms with Gasteiger partial charge in [-0.3, -0.25) is 9.48 Å². The Balaban J connectivity index is 1.63. The predicted molar refractivity (Wildman–Crippen MR) is 91.9 cm³/mol. The Labute approximate surface area is 150 Å². The van der Waals surface area contributed by atoms with Gasteiger partial charge in [-0.05, 0) is 23.3 Å². The van der Waals surface area contributed by atoms with Crippen molar-refractivity contribution in [1.82, 2.24) is 20.0 Å². The highest BCUT2D eigenvalue weighted by molar-refractivity contribution is 5.80. The highest BCUT2D eigenvalue weighted by Gasteiger charge is 2.36. The molecule has 0 aliphatic carbocycles. The van der Waals surface area contributed by atoms with Crippen molar-refractivity contribution in [2.24, 2.45) is 13.0 Å². The standard InChI is InChI=1S/C18H22F2N4O2/c1-23(10-12-3-5-14(6-4-12)26-18(19)20)17(25)16-9-21-8-15(16)13-7-22-24(2)11-13/h3-7,11,15-16,18,21H,8-10H2,1-2H3/t15-,16+/m1/s1. The number of aromatic nitrogens is 2. The number of aryl methyl sites for hydroxylation is 1. The molecule has 0 unspecified atom stereocenters. The number of benzene rings is 1. The number of amides is 1. The molecule has 0 radical (unpaired) electrons. The highest BCUT2D eigenvalue weighted by Crippen LogP contribution is 2.29. The van der Waals surface area contributed by atoms with Crippen LogP contribution in [0.3, 0.4) is 0 Å². The molecule has 1 saturated heterocycles. The maximum atomic E-state index is 12.9. The van der Waals surface area contributed by atoms with Crippen LogP contribution in [0.1, 0.15) is 17.0 Å². The van der Waals surface area contributed by atoms with Gasteiger partial charge >= 0.3 is 6.61 Å². The summed E-state index contributed by atoms with van der Waals surface area (Å²) in [5.74, 6) is 0.109. The lowest BCUT2D eigenvalue weighted by Gasteiger charge is -2.24. The summed E-state index contributed by atoms with van der Waals surface area (Å²) in [6, 6.07) is 6.34. The summed E-state index contributed by atoms with van der Waals surface area (Å²) >= 11 is 0. The molecule has 1 N–H and O–H groups in total. The van der Waals surface area contributed by atoms with E-state index in [2.05, 4.69) is 15.2 Å². The molecule has 140 valence electrons. The first-order chi connectivity index (χ1) is 12.4. The Bertz CT molecular complexity index is 748. The van der Waals surface area contributed by atoms with Gasteiger partial charge in [0.2, 0.25) is 5.91 Å². The summed E-state index contributed by atoms with van der Waals surface area (Å²) < 4.78 is 30.5. The van der Waals surface area contributed by atoms with E-state index in [0.717, 1.165) is 17.7 Å². The minimum atomic E-state index is -2.84. The zero-order chi connectivity index (χ0) is 18.7. The average Bonchev–Trinajstić information content (AvgIpc) is 3.24. The molecular formula is C18H22F2N4O2. The molecule has 8 heteroatoms. The molecule has 1 amide bonds. The summed E-state index contributed by atoms with van der Waals surface area (Å²) in [6.45, 7) is -1.06. The molecule has 0 bridgehead atoms. The number of nitrogens with one attached hydrogen (secondary N) is 1. The van der Waals surface area contributed by atoms with Crippen LogP contribution in [0.25, 0.3) is 0 Å². The van der Waals surface area contributed by atoms with E-state index in [4.69, 9.17) is 0 Å². The number of ether oxygens (including phenoxy) is 1. The van der Waals surface area contributed by atoms with Crippen molar-refractivity contribution in [3.05, 3.63) is 47.8 Å². The van der Waals surface area contributed by atoms with Gasteiger partial charge in [0, 0.05) is 45.8 Å². The molecule has 1 fully saturated rings. The van der Waals surface area contributed by atoms with E-state index in [1.54, 1.807) is 35.0 Å². The van der Waals surface area contributed by atoms with E-state index >= 15 is 0 Å². The molecule has 1 aliphatic rings. The Morgan fingerprint density at radius 1 is 1.38 bits per heavy atom. The molecule has 26 heavy (non-hydrogen) atoms. The average molecular weight is 364 g/mol. The number of hydrogen-bond donors (Lipinski definition) is 1. The Hall–Kier alpha value is -2.48. The number of halogens is 2. The molecule has 2 aromatic rings. The minimum Gasteiger partial charge on any atom is -0.435 e. The Morgan fingerprint density at radius 2 is 2.12 bits per heavy atom. The molecule has 2 heterocycles. The number of carbonyl (C=O) groups is 1. The molecule has 0 spiro atoms. The second-order valence-corrected chi connectivity index (χ2v) is 6.54. The number of rotatable bonds is 6. The zero-order valence-corrected chi connectivity index (χ0v) is 14.7. The van der Waals surface area contributed by atoms with Crippen LogP contribution in [-0.4, -0.2) is 47.3 Å². The quantitative estimate of drug-likeness (QED) is 0.852. The van der Waals surface area contributed by atoms with Gasteiger partial charge < -0.3 is 15.0 Å². The van der Waals surface area contributed by atoms with Gasteiger partial charge in [0.15, 0.2) is 0 Å². The van der Waals surface area contributed by atoms with Crippen LogP contribution in [0.15, 0.2) is 36.7 Å². The van der Waals surface area contributed by atoms with Crippen LogP contribution in [0, 0.1) is 5.92 Å². The number of hydrogen-bond acceptors (Lipinski definition) is 4. The Morgan fingerprint density at radius 3 is 2.73 bits per heavy atom. The van der Waals surface area contributed by atoms with Crippen molar-refractivity contribution < 1.29 is 18.3 Å². The predicted octanol–water partition coefficient (Wildman–Crippen LogP) is 1.98. The van der Waals surface area contributed by atoms with Crippen molar-refractivity contribution in [2.45, 2.75) is 19.1 Å². The van der Waals surface area contributed by atoms with Gasteiger partial charge in [-0.1, -0.05) is 12.1 Å². The van der Waals surface area contributed by atoms with Crippen molar-refractivity contribution in [2.75, 3.05) is 20.1 Å². The second-order valence-electron chi connectivity index (χ2n) is 6.54. The van der Waals surface area contributed by atoms with Crippen LogP contribution < -0.4 is 10.1 Å². The van der Waals surface area contributed by atoms with Crippen molar-refractivity contribution >= 4 is 5.91 Å². The summed E-state index contributed by atoms with van der Waals surface area (Å²) in [7, 11) is 3.61. The third-order valence-electron chi connectivity index (χ3n) is 4.63. The second kappa shape index (κ2) is 7.82. The normalized spacial score (nSPS) is 19.7. The minimum absolute atomic E-state index is 0.0526. The summed E-state index contributed by atoms with van der Waals surface area (Å²) in [6.07, 6.45) is 3.75. The fourth-order valence-electron chi connectivity index (χ4n) is 3.33. The third-order valence-corrected chi connectivity index (χ3v) is 4.63. The maximum Gasteiger partial charge on any atom is 0.387 e. The fourth-order valence-corrected chi connectivity index (χ4v) is 3.33. The monoisotopic (exact) mass is 364 g/mol. The molecule has 0 saturated carbocycles. The number of carbonyl (C=O) groups excluding carboxylic acids is 1. The van der Waals surface area contributed by atoms with Crippen LogP contribution in [-0.2, 0) is 18.4 Å². The molecule has 1 aromatic heterocycles. The van der Waals surface area contributed by atoms with E-state index in [1.165, 1.54) is 12.1 Å². The lowest BCUT2D eigenvalue weighted by atomic mass is 9.90. The summed E-state index contributed by atoms with van der Waals surface area (Å²) in [5.41, 5.74) is 1.91. The van der Waals surface area contributed by atoms with Crippen LogP contribution >= 0.6 is 0 Å². The van der Waals surface area contributed by atoms with Crippen molar-refractivity contribution in [3.8, 4) is 5.75 Å². The van der Waals surface area contributed by atoms with Gasteiger partial charge in [0.05, 0.1) is 12.1 Å². The third kappa shape index (κ3) is 4.19. The zero-order valence-electron chi connectivity index (χ0n) is 14.7. The summed E-state index contributed by atoms with van der Waals surface area (Å²) in [4.78, 5) is 14.6. The van der Waals surface area contributed by atoms with E-state index in [9.17, 15) is 13.6 Å². The largest absolute Gasteiger partial charge is 0.435 e. The smallest absolute Gasteiger partial charge is 0.387 e. The van der Waals surface area contributed by atoms with Crippen LogP contribution in [0.2, 0.25) is 0 Å². The summed E-state index contributed by atoms with van der Waals surface area (Å²) in [5, 5.41) is 7.48.